The summed E-state index contributed by atoms with van der Waals surface area (Å²) in [5, 5.41) is 7.26. The molecule has 8 heteroatoms. The topological polar surface area (TPSA) is 72.3 Å². The van der Waals surface area contributed by atoms with E-state index in [1.807, 2.05) is 10.7 Å². The standard InChI is InChI=1S/C18H22FN5O2/c19-15-6-1-5-14-16(7-3-9-26-17(14)15)22-18(25)23-8-2-4-13(10-23)24-12-20-11-21-24/h1,5-6,11-13,16H,2-4,7-10H2,(H,22,25). The zero-order valence-electron chi connectivity index (χ0n) is 14.5. The number of carbonyl (C=O) groups excluding carboxylic acids is 1. The van der Waals surface area contributed by atoms with Gasteiger partial charge in [-0.05, 0) is 31.7 Å². The van der Waals surface area contributed by atoms with Gasteiger partial charge in [-0.3, -0.25) is 0 Å². The Morgan fingerprint density at radius 1 is 1.31 bits per heavy atom. The highest BCUT2D eigenvalue weighted by Gasteiger charge is 2.29. The Kier molecular flexibility index (Phi) is 4.73. The van der Waals surface area contributed by atoms with Gasteiger partial charge in [-0.2, -0.15) is 5.10 Å². The molecule has 1 saturated heterocycles. The van der Waals surface area contributed by atoms with Crippen LogP contribution in [0, 0.1) is 5.82 Å². The van der Waals surface area contributed by atoms with Crippen molar-refractivity contribution in [3.05, 3.63) is 42.2 Å². The molecule has 1 aromatic heterocycles. The Labute approximate surface area is 151 Å². The molecule has 2 aliphatic rings. The lowest BCUT2D eigenvalue weighted by molar-refractivity contribution is 0.159. The molecule has 3 heterocycles. The number of halogens is 1. The highest BCUT2D eigenvalue weighted by molar-refractivity contribution is 5.75. The number of piperidine rings is 1. The molecule has 1 N–H and O–H groups in total. The van der Waals surface area contributed by atoms with Crippen LogP contribution in [0.2, 0.25) is 0 Å². The number of urea groups is 1. The number of nitrogens with zero attached hydrogens (tertiary/aromatic N) is 4. The summed E-state index contributed by atoms with van der Waals surface area (Å²) < 4.78 is 21.4. The van der Waals surface area contributed by atoms with E-state index in [1.54, 1.807) is 17.3 Å². The maximum atomic E-state index is 14.1. The first-order valence-corrected chi connectivity index (χ1v) is 9.03. The molecule has 0 bridgehead atoms. The van der Waals surface area contributed by atoms with Crippen LogP contribution in [0.3, 0.4) is 0 Å². The minimum absolute atomic E-state index is 0.128. The normalized spacial score (nSPS) is 22.9. The third-order valence-electron chi connectivity index (χ3n) is 5.05. The molecule has 7 nitrogen and oxygen atoms in total. The fourth-order valence-electron chi connectivity index (χ4n) is 3.72. The van der Waals surface area contributed by atoms with Gasteiger partial charge in [0.15, 0.2) is 11.6 Å². The first-order valence-electron chi connectivity index (χ1n) is 9.03. The molecule has 1 fully saturated rings. The SMILES string of the molecule is O=C(NC1CCCOc2c(F)cccc21)N1CCCC(n2cncn2)C1. The molecule has 2 amide bonds. The Morgan fingerprint density at radius 3 is 3.08 bits per heavy atom. The number of likely N-dealkylation sites (tertiary alicyclic amines) is 1. The smallest absolute Gasteiger partial charge is 0.317 e. The van der Waals surface area contributed by atoms with Crippen molar-refractivity contribution in [1.29, 1.82) is 0 Å². The molecular weight excluding hydrogens is 337 g/mol. The zero-order valence-corrected chi connectivity index (χ0v) is 14.5. The molecule has 4 rings (SSSR count). The monoisotopic (exact) mass is 359 g/mol. The fraction of sp³-hybridized carbons (Fsp3) is 0.500. The molecule has 2 unspecified atom stereocenters. The number of para-hydroxylation sites is 1. The Balaban J connectivity index is 1.47. The number of fused-ring (bicyclic) bond motifs is 1. The molecule has 2 aromatic rings. The maximum Gasteiger partial charge on any atom is 0.317 e. The molecule has 0 spiro atoms. The predicted molar refractivity (Wildman–Crippen MR) is 92.3 cm³/mol. The summed E-state index contributed by atoms with van der Waals surface area (Å²) >= 11 is 0. The predicted octanol–water partition coefficient (Wildman–Crippen LogP) is 2.68. The number of aromatic nitrogens is 3. The molecule has 1 aromatic carbocycles. The van der Waals surface area contributed by atoms with Gasteiger partial charge in [0.05, 0.1) is 18.7 Å². The van der Waals surface area contributed by atoms with Crippen molar-refractivity contribution in [2.75, 3.05) is 19.7 Å². The lowest BCUT2D eigenvalue weighted by Crippen LogP contribution is -2.47. The second kappa shape index (κ2) is 7.31. The van der Waals surface area contributed by atoms with Crippen molar-refractivity contribution in [2.45, 2.75) is 37.8 Å². The lowest BCUT2D eigenvalue weighted by atomic mass is 10.0. The van der Waals surface area contributed by atoms with E-state index >= 15 is 0 Å². The maximum absolute atomic E-state index is 14.1. The number of amides is 2. The second-order valence-electron chi connectivity index (χ2n) is 6.77. The van der Waals surface area contributed by atoms with Crippen LogP contribution in [0.15, 0.2) is 30.9 Å². The van der Waals surface area contributed by atoms with Gasteiger partial charge in [-0.1, -0.05) is 12.1 Å². The summed E-state index contributed by atoms with van der Waals surface area (Å²) in [6.45, 7) is 1.75. The van der Waals surface area contributed by atoms with Gasteiger partial charge in [0, 0.05) is 18.7 Å². The number of ether oxygens (including phenoxy) is 1. The van der Waals surface area contributed by atoms with Crippen LogP contribution in [-0.2, 0) is 0 Å². The van der Waals surface area contributed by atoms with Crippen molar-refractivity contribution in [3.8, 4) is 5.75 Å². The van der Waals surface area contributed by atoms with E-state index in [1.165, 1.54) is 12.4 Å². The first-order chi connectivity index (χ1) is 12.7. The average Bonchev–Trinajstić information content (AvgIpc) is 3.12. The average molecular weight is 359 g/mol. The van der Waals surface area contributed by atoms with Gasteiger partial charge in [-0.15, -0.1) is 0 Å². The number of rotatable bonds is 2. The first kappa shape index (κ1) is 16.8. The zero-order chi connectivity index (χ0) is 17.9. The van der Waals surface area contributed by atoms with E-state index < -0.39 is 0 Å². The van der Waals surface area contributed by atoms with Gasteiger partial charge in [0.1, 0.15) is 12.7 Å². The molecule has 26 heavy (non-hydrogen) atoms. The van der Waals surface area contributed by atoms with Crippen molar-refractivity contribution in [2.24, 2.45) is 0 Å². The highest BCUT2D eigenvalue weighted by atomic mass is 19.1. The highest BCUT2D eigenvalue weighted by Crippen LogP contribution is 2.33. The summed E-state index contributed by atoms with van der Waals surface area (Å²) in [6, 6.07) is 4.63. The van der Waals surface area contributed by atoms with E-state index in [9.17, 15) is 9.18 Å². The van der Waals surface area contributed by atoms with Crippen LogP contribution in [0.4, 0.5) is 9.18 Å². The molecule has 2 aliphatic heterocycles. The number of hydrogen-bond donors (Lipinski definition) is 1. The Morgan fingerprint density at radius 2 is 2.23 bits per heavy atom. The summed E-state index contributed by atoms with van der Waals surface area (Å²) in [7, 11) is 0. The fourth-order valence-corrected chi connectivity index (χ4v) is 3.72. The summed E-state index contributed by atoms with van der Waals surface area (Å²) in [5.41, 5.74) is 0.709. The molecular formula is C18H22FN5O2. The van der Waals surface area contributed by atoms with Crippen molar-refractivity contribution >= 4 is 6.03 Å². The van der Waals surface area contributed by atoms with E-state index in [4.69, 9.17) is 4.74 Å². The lowest BCUT2D eigenvalue weighted by Gasteiger charge is -2.33. The van der Waals surface area contributed by atoms with Crippen molar-refractivity contribution in [1.82, 2.24) is 25.0 Å². The minimum Gasteiger partial charge on any atom is -0.490 e. The van der Waals surface area contributed by atoms with Gasteiger partial charge in [-0.25, -0.2) is 18.9 Å². The van der Waals surface area contributed by atoms with Crippen LogP contribution < -0.4 is 10.1 Å². The molecule has 0 saturated carbocycles. The van der Waals surface area contributed by atoms with E-state index in [-0.39, 0.29) is 29.7 Å². The van der Waals surface area contributed by atoms with Crippen LogP contribution >= 0.6 is 0 Å². The number of carbonyl (C=O) groups is 1. The van der Waals surface area contributed by atoms with Crippen molar-refractivity contribution in [3.63, 3.8) is 0 Å². The number of hydrogen-bond acceptors (Lipinski definition) is 4. The van der Waals surface area contributed by atoms with Gasteiger partial charge < -0.3 is 15.0 Å². The third-order valence-corrected chi connectivity index (χ3v) is 5.05. The van der Waals surface area contributed by atoms with Crippen LogP contribution in [0.5, 0.6) is 5.75 Å². The summed E-state index contributed by atoms with van der Waals surface area (Å²) in [5.74, 6) is -0.123. The summed E-state index contributed by atoms with van der Waals surface area (Å²) in [6.07, 6.45) is 6.57. The molecule has 138 valence electrons. The molecule has 0 radical (unpaired) electrons. The summed E-state index contributed by atoms with van der Waals surface area (Å²) in [4.78, 5) is 18.6. The van der Waals surface area contributed by atoms with Crippen LogP contribution in [0.25, 0.3) is 0 Å². The number of nitrogens with one attached hydrogen (secondary N) is 1. The minimum atomic E-state index is -0.382. The van der Waals surface area contributed by atoms with E-state index in [2.05, 4.69) is 15.4 Å². The van der Waals surface area contributed by atoms with Gasteiger partial charge in [0.25, 0.3) is 0 Å². The quantitative estimate of drug-likeness (QED) is 0.895. The van der Waals surface area contributed by atoms with E-state index in [0.717, 1.165) is 25.7 Å². The largest absolute Gasteiger partial charge is 0.490 e. The van der Waals surface area contributed by atoms with Crippen LogP contribution in [0.1, 0.15) is 43.3 Å². The Bertz CT molecular complexity index is 767. The Hall–Kier alpha value is -2.64. The van der Waals surface area contributed by atoms with Gasteiger partial charge >= 0.3 is 6.03 Å². The number of benzene rings is 1. The molecule has 0 aliphatic carbocycles. The van der Waals surface area contributed by atoms with E-state index in [0.29, 0.717) is 25.3 Å². The second-order valence-corrected chi connectivity index (χ2v) is 6.77. The van der Waals surface area contributed by atoms with Gasteiger partial charge in [0.2, 0.25) is 0 Å². The van der Waals surface area contributed by atoms with Crippen molar-refractivity contribution < 1.29 is 13.9 Å². The third kappa shape index (κ3) is 3.36. The molecule has 2 atom stereocenters. The van der Waals surface area contributed by atoms with Crippen LogP contribution in [-0.4, -0.2) is 45.4 Å².